The van der Waals surface area contributed by atoms with E-state index >= 15 is 0 Å². The highest BCUT2D eigenvalue weighted by atomic mass is 19.4. The van der Waals surface area contributed by atoms with Gasteiger partial charge in [0.25, 0.3) is 17.7 Å². The van der Waals surface area contributed by atoms with Crippen molar-refractivity contribution in [2.45, 2.75) is 70.8 Å². The molecule has 3 atom stereocenters. The van der Waals surface area contributed by atoms with Crippen LogP contribution in [0.25, 0.3) is 0 Å². The van der Waals surface area contributed by atoms with Gasteiger partial charge in [-0.05, 0) is 57.2 Å². The molecule has 0 bridgehead atoms. The molecule has 4 rings (SSSR count). The van der Waals surface area contributed by atoms with Gasteiger partial charge < -0.3 is 10.2 Å². The van der Waals surface area contributed by atoms with Gasteiger partial charge in [-0.1, -0.05) is 13.0 Å². The molecule has 0 radical (unpaired) electrons. The predicted molar refractivity (Wildman–Crippen MR) is 136 cm³/mol. The number of hydrogen-bond donors (Lipinski definition) is 1. The van der Waals surface area contributed by atoms with Crippen LogP contribution in [0, 0.1) is 17.2 Å². The van der Waals surface area contributed by atoms with Crippen LogP contribution in [-0.4, -0.2) is 58.1 Å². The molecule has 1 fully saturated rings. The van der Waals surface area contributed by atoms with E-state index < -0.39 is 47.5 Å². The number of benzene rings is 1. The Labute approximate surface area is 224 Å². The van der Waals surface area contributed by atoms with Crippen molar-refractivity contribution in [2.75, 3.05) is 18.5 Å². The van der Waals surface area contributed by atoms with Crippen LogP contribution in [-0.2, 0) is 17.5 Å². The number of likely N-dealkylation sites (N-methyl/N-ethyl adjacent to an activating group) is 1. The number of aromatic nitrogens is 2. The summed E-state index contributed by atoms with van der Waals surface area (Å²) >= 11 is 0. The molecule has 0 spiro atoms. The SMILES string of the molecule is CCCn1nc(C(=O)N(C)C(C)C#N)c2c1N(CC)C(=O)[C@@H](NC(=O)c1cccc(C(F)(F)F)c1)[C@H]2C1CC1. The third-order valence-corrected chi connectivity index (χ3v) is 7.35. The van der Waals surface area contributed by atoms with Gasteiger partial charge >= 0.3 is 6.18 Å². The Morgan fingerprint density at radius 3 is 2.54 bits per heavy atom. The van der Waals surface area contributed by atoms with Gasteiger partial charge in [-0.15, -0.1) is 0 Å². The molecule has 1 aromatic carbocycles. The molecular formula is C27H31F3N6O3. The summed E-state index contributed by atoms with van der Waals surface area (Å²) in [6.45, 7) is 5.96. The van der Waals surface area contributed by atoms with Crippen LogP contribution in [0.3, 0.4) is 0 Å². The lowest BCUT2D eigenvalue weighted by atomic mass is 9.82. The summed E-state index contributed by atoms with van der Waals surface area (Å²) in [5.74, 6) is -1.82. The molecule has 1 aliphatic heterocycles. The van der Waals surface area contributed by atoms with E-state index in [2.05, 4.69) is 10.4 Å². The Kier molecular flexibility index (Phi) is 7.73. The second-order valence-corrected chi connectivity index (χ2v) is 10.0. The minimum atomic E-state index is -4.63. The molecular weight excluding hydrogens is 513 g/mol. The van der Waals surface area contributed by atoms with E-state index in [9.17, 15) is 32.8 Å². The number of fused-ring (bicyclic) bond motifs is 1. The molecule has 1 aromatic heterocycles. The van der Waals surface area contributed by atoms with E-state index in [1.54, 1.807) is 18.5 Å². The van der Waals surface area contributed by atoms with Crippen molar-refractivity contribution in [3.8, 4) is 6.07 Å². The molecule has 0 saturated heterocycles. The fourth-order valence-electron chi connectivity index (χ4n) is 5.09. The lowest BCUT2D eigenvalue weighted by Gasteiger charge is -2.38. The zero-order valence-electron chi connectivity index (χ0n) is 22.2. The Bertz CT molecular complexity index is 1330. The second-order valence-electron chi connectivity index (χ2n) is 10.0. The predicted octanol–water partition coefficient (Wildman–Crippen LogP) is 3.95. The number of carbonyl (C=O) groups is 3. The smallest absolute Gasteiger partial charge is 0.340 e. The summed E-state index contributed by atoms with van der Waals surface area (Å²) in [5.41, 5.74) is -0.542. The first-order valence-corrected chi connectivity index (χ1v) is 13.0. The fraction of sp³-hybridized carbons (Fsp3) is 0.519. The number of carbonyl (C=O) groups excluding carboxylic acids is 3. The lowest BCUT2D eigenvalue weighted by Crippen LogP contribution is -2.56. The number of anilines is 1. The average Bonchev–Trinajstić information content (AvgIpc) is 3.69. The highest BCUT2D eigenvalue weighted by Crippen LogP contribution is 2.51. The van der Waals surface area contributed by atoms with Gasteiger partial charge in [0, 0.05) is 37.2 Å². The largest absolute Gasteiger partial charge is 0.416 e. The van der Waals surface area contributed by atoms with Gasteiger partial charge in [0.1, 0.15) is 17.9 Å². The molecule has 12 heteroatoms. The van der Waals surface area contributed by atoms with Gasteiger partial charge in [0.05, 0.1) is 11.6 Å². The van der Waals surface area contributed by atoms with Crippen molar-refractivity contribution in [2.24, 2.45) is 5.92 Å². The number of amides is 3. The Morgan fingerprint density at radius 1 is 1.28 bits per heavy atom. The van der Waals surface area contributed by atoms with E-state index in [1.165, 1.54) is 22.9 Å². The molecule has 1 unspecified atom stereocenters. The maximum atomic E-state index is 13.8. The maximum absolute atomic E-state index is 13.8. The third kappa shape index (κ3) is 5.22. The summed E-state index contributed by atoms with van der Waals surface area (Å²) in [5, 5.41) is 16.7. The van der Waals surface area contributed by atoms with Gasteiger partial charge in [0.2, 0.25) is 0 Å². The van der Waals surface area contributed by atoms with Crippen LogP contribution in [0.4, 0.5) is 19.0 Å². The van der Waals surface area contributed by atoms with Crippen molar-refractivity contribution < 1.29 is 27.6 Å². The van der Waals surface area contributed by atoms with E-state index in [0.29, 0.717) is 24.3 Å². The summed E-state index contributed by atoms with van der Waals surface area (Å²) in [7, 11) is 1.51. The van der Waals surface area contributed by atoms with E-state index in [4.69, 9.17) is 0 Å². The number of nitrogens with zero attached hydrogens (tertiary/aromatic N) is 5. The molecule has 2 aliphatic rings. The first-order chi connectivity index (χ1) is 18.4. The minimum absolute atomic E-state index is 0.0250. The van der Waals surface area contributed by atoms with Gasteiger partial charge in [-0.2, -0.15) is 23.5 Å². The summed E-state index contributed by atoms with van der Waals surface area (Å²) < 4.78 is 41.4. The van der Waals surface area contributed by atoms with Crippen molar-refractivity contribution >= 4 is 23.5 Å². The second kappa shape index (κ2) is 10.7. The van der Waals surface area contributed by atoms with E-state index in [1.807, 2.05) is 13.0 Å². The van der Waals surface area contributed by atoms with Crippen LogP contribution >= 0.6 is 0 Å². The molecule has 208 valence electrons. The summed E-state index contributed by atoms with van der Waals surface area (Å²) in [4.78, 5) is 43.4. The van der Waals surface area contributed by atoms with Crippen molar-refractivity contribution in [1.29, 1.82) is 5.26 Å². The number of nitriles is 1. The normalized spacial score (nSPS) is 19.7. The highest BCUT2D eigenvalue weighted by molar-refractivity contribution is 6.07. The number of rotatable bonds is 8. The Balaban J connectivity index is 1.81. The fourth-order valence-corrected chi connectivity index (χ4v) is 5.09. The lowest BCUT2D eigenvalue weighted by molar-refractivity contribution is -0.137. The van der Waals surface area contributed by atoms with Crippen LogP contribution in [0.15, 0.2) is 24.3 Å². The first-order valence-electron chi connectivity index (χ1n) is 13.0. The molecule has 39 heavy (non-hydrogen) atoms. The van der Waals surface area contributed by atoms with Crippen LogP contribution in [0.1, 0.15) is 77.9 Å². The number of halogens is 3. The topological polar surface area (TPSA) is 111 Å². The number of alkyl halides is 3. The Morgan fingerprint density at radius 2 is 1.97 bits per heavy atom. The Hall–Kier alpha value is -3.88. The van der Waals surface area contributed by atoms with Crippen molar-refractivity contribution in [3.63, 3.8) is 0 Å². The van der Waals surface area contributed by atoms with Gasteiger partial charge in [-0.3, -0.25) is 19.3 Å². The van der Waals surface area contributed by atoms with Gasteiger partial charge in [0.15, 0.2) is 5.69 Å². The molecule has 1 N–H and O–H groups in total. The zero-order valence-corrected chi connectivity index (χ0v) is 22.2. The zero-order chi connectivity index (χ0) is 28.6. The molecule has 2 heterocycles. The molecule has 9 nitrogen and oxygen atoms in total. The molecule has 3 amide bonds. The van der Waals surface area contributed by atoms with Crippen LogP contribution in [0.5, 0.6) is 0 Å². The summed E-state index contributed by atoms with van der Waals surface area (Å²) in [6, 6.07) is 4.25. The molecule has 2 aromatic rings. The van der Waals surface area contributed by atoms with Crippen molar-refractivity contribution in [1.82, 2.24) is 20.0 Å². The number of hydrogen-bond acceptors (Lipinski definition) is 5. The monoisotopic (exact) mass is 544 g/mol. The van der Waals surface area contributed by atoms with Crippen LogP contribution in [0.2, 0.25) is 0 Å². The van der Waals surface area contributed by atoms with Crippen molar-refractivity contribution in [3.05, 3.63) is 46.6 Å². The third-order valence-electron chi connectivity index (χ3n) is 7.35. The molecule has 1 aliphatic carbocycles. The number of aryl methyl sites for hydroxylation is 1. The van der Waals surface area contributed by atoms with E-state index in [-0.39, 0.29) is 23.7 Å². The average molecular weight is 545 g/mol. The van der Waals surface area contributed by atoms with Gasteiger partial charge in [-0.25, -0.2) is 4.68 Å². The highest BCUT2D eigenvalue weighted by Gasteiger charge is 2.51. The first kappa shape index (κ1) is 28.1. The van der Waals surface area contributed by atoms with E-state index in [0.717, 1.165) is 31.0 Å². The van der Waals surface area contributed by atoms with Crippen LogP contribution < -0.4 is 10.2 Å². The summed E-state index contributed by atoms with van der Waals surface area (Å²) in [6.07, 6.45) is -2.42. The standard InChI is InChI=1S/C27H31F3N6O3/c1-5-12-36-24-20(22(33-36)25(38)34(4)15(3)14-31)19(16-10-11-16)21(26(39)35(24)6-2)32-23(37)17-8-7-9-18(13-17)27(28,29)30/h7-9,13,15-16,19,21H,5-6,10-12H2,1-4H3,(H,32,37)/t15?,19-,21-/m0/s1. The maximum Gasteiger partial charge on any atom is 0.416 e. The minimum Gasteiger partial charge on any atom is -0.340 e. The quantitative estimate of drug-likeness (QED) is 0.541. The number of nitrogens with one attached hydrogen (secondary N) is 1. The molecule has 1 saturated carbocycles.